The minimum atomic E-state index is -1.35. The summed E-state index contributed by atoms with van der Waals surface area (Å²) in [5, 5.41) is 0. The van der Waals surface area contributed by atoms with Crippen LogP contribution < -0.4 is 0 Å². The van der Waals surface area contributed by atoms with Gasteiger partial charge in [-0.25, -0.2) is 0 Å². The van der Waals surface area contributed by atoms with Gasteiger partial charge in [-0.2, -0.15) is 0 Å². The van der Waals surface area contributed by atoms with E-state index in [9.17, 15) is 9.59 Å². The molecule has 22 heavy (non-hydrogen) atoms. The predicted octanol–water partition coefficient (Wildman–Crippen LogP) is 2.24. The quantitative estimate of drug-likeness (QED) is 0.445. The highest BCUT2D eigenvalue weighted by atomic mass is 16.6. The van der Waals surface area contributed by atoms with E-state index in [4.69, 9.17) is 14.2 Å². The van der Waals surface area contributed by atoms with Crippen LogP contribution in [0.25, 0.3) is 0 Å². The molecule has 0 aromatic rings. The van der Waals surface area contributed by atoms with Crippen molar-refractivity contribution in [1.82, 2.24) is 0 Å². The van der Waals surface area contributed by atoms with Crippen LogP contribution in [-0.2, 0) is 23.8 Å². The maximum Gasteiger partial charge on any atom is 0.326 e. The van der Waals surface area contributed by atoms with Gasteiger partial charge >= 0.3 is 11.9 Å². The highest BCUT2D eigenvalue weighted by molar-refractivity contribution is 6.02. The number of rotatable bonds is 2. The average Bonchev–Trinajstić information content (AvgIpc) is 2.74. The van der Waals surface area contributed by atoms with Crippen molar-refractivity contribution >= 4 is 11.9 Å². The van der Waals surface area contributed by atoms with Gasteiger partial charge in [0.2, 0.25) is 0 Å². The third kappa shape index (κ3) is 1.81. The second-order valence-electron chi connectivity index (χ2n) is 7.00. The summed E-state index contributed by atoms with van der Waals surface area (Å²) in [6, 6.07) is 0. The molecule has 0 radical (unpaired) electrons. The molecule has 2 fully saturated rings. The number of carbonyl (C=O) groups is 2. The van der Waals surface area contributed by atoms with Gasteiger partial charge in [-0.3, -0.25) is 9.59 Å². The Morgan fingerprint density at radius 3 is 2.50 bits per heavy atom. The molecule has 2 bridgehead atoms. The zero-order chi connectivity index (χ0) is 16.1. The summed E-state index contributed by atoms with van der Waals surface area (Å²) < 4.78 is 16.2. The number of hydrogen-bond acceptors (Lipinski definition) is 5. The Morgan fingerprint density at radius 1 is 1.27 bits per heavy atom. The number of fused-ring (bicyclic) bond motifs is 4. The van der Waals surface area contributed by atoms with Gasteiger partial charge in [0.15, 0.2) is 5.41 Å². The molecule has 2 saturated heterocycles. The van der Waals surface area contributed by atoms with Crippen molar-refractivity contribution in [2.75, 3.05) is 14.2 Å². The van der Waals surface area contributed by atoms with Crippen LogP contribution in [0.1, 0.15) is 39.5 Å². The molecule has 5 nitrogen and oxygen atoms in total. The first-order valence-electron chi connectivity index (χ1n) is 7.91. The highest BCUT2D eigenvalue weighted by Crippen LogP contribution is 2.61. The molecule has 0 N–H and O–H groups in total. The fourth-order valence-corrected chi connectivity index (χ4v) is 4.95. The number of allylic oxidation sites excluding steroid dienone is 2. The Bertz CT molecular complexity index is 521. The third-order valence-electron chi connectivity index (χ3n) is 5.97. The van der Waals surface area contributed by atoms with E-state index in [1.54, 1.807) is 0 Å². The lowest BCUT2D eigenvalue weighted by Crippen LogP contribution is -2.60. The molecule has 5 heteroatoms. The minimum Gasteiger partial charge on any atom is -0.468 e. The number of esters is 2. The van der Waals surface area contributed by atoms with Crippen molar-refractivity contribution in [1.29, 1.82) is 0 Å². The van der Waals surface area contributed by atoms with Crippen LogP contribution in [0.5, 0.6) is 0 Å². The van der Waals surface area contributed by atoms with Crippen molar-refractivity contribution < 1.29 is 23.8 Å². The molecule has 3 rings (SSSR count). The van der Waals surface area contributed by atoms with Crippen LogP contribution in [0, 0.1) is 17.3 Å². The lowest BCUT2D eigenvalue weighted by molar-refractivity contribution is -0.199. The van der Waals surface area contributed by atoms with E-state index in [1.165, 1.54) is 19.8 Å². The molecule has 0 spiro atoms. The van der Waals surface area contributed by atoms with E-state index in [1.807, 2.05) is 6.92 Å². The molecule has 0 aromatic heterocycles. The van der Waals surface area contributed by atoms with Gasteiger partial charge in [-0.05, 0) is 44.9 Å². The first-order chi connectivity index (χ1) is 10.4. The molecular weight excluding hydrogens is 284 g/mol. The normalized spacial score (nSPS) is 38.7. The summed E-state index contributed by atoms with van der Waals surface area (Å²) in [5.74, 6) is -0.575. The second kappa shape index (κ2) is 5.08. The molecule has 3 aliphatic rings. The first-order valence-corrected chi connectivity index (χ1v) is 7.91. The lowest BCUT2D eigenvalue weighted by Gasteiger charge is -2.49. The Hall–Kier alpha value is -1.36. The SMILES string of the molecule is COC(=O)C1(C(=O)OC)C[C@H]2C[C@@H]3C=C(C)CC[C@@H]3[C@]1(C)O2. The summed E-state index contributed by atoms with van der Waals surface area (Å²) in [4.78, 5) is 25.2. The topological polar surface area (TPSA) is 61.8 Å². The van der Waals surface area contributed by atoms with Gasteiger partial charge in [0.1, 0.15) is 0 Å². The monoisotopic (exact) mass is 308 g/mol. The number of methoxy groups -OCH3 is 2. The van der Waals surface area contributed by atoms with Crippen LogP contribution in [0.15, 0.2) is 11.6 Å². The summed E-state index contributed by atoms with van der Waals surface area (Å²) >= 11 is 0. The van der Waals surface area contributed by atoms with Gasteiger partial charge in [0.05, 0.1) is 25.9 Å². The van der Waals surface area contributed by atoms with Crippen LogP contribution in [-0.4, -0.2) is 37.9 Å². The van der Waals surface area contributed by atoms with Crippen molar-refractivity contribution in [2.24, 2.45) is 17.3 Å². The van der Waals surface area contributed by atoms with Crippen LogP contribution in [0.3, 0.4) is 0 Å². The highest BCUT2D eigenvalue weighted by Gasteiger charge is 2.73. The zero-order valence-electron chi connectivity index (χ0n) is 13.7. The summed E-state index contributed by atoms with van der Waals surface area (Å²) in [6.45, 7) is 4.04. The zero-order valence-corrected chi connectivity index (χ0v) is 13.7. The van der Waals surface area contributed by atoms with Crippen LogP contribution in [0.4, 0.5) is 0 Å². The Morgan fingerprint density at radius 2 is 1.91 bits per heavy atom. The Balaban J connectivity index is 2.10. The molecular formula is C17H24O5. The van der Waals surface area contributed by atoms with E-state index in [-0.39, 0.29) is 12.0 Å². The maximum atomic E-state index is 12.6. The number of ether oxygens (including phenoxy) is 3. The molecule has 4 atom stereocenters. The largest absolute Gasteiger partial charge is 0.468 e. The minimum absolute atomic E-state index is 0.105. The van der Waals surface area contributed by atoms with E-state index in [2.05, 4.69) is 13.0 Å². The number of hydrogen-bond donors (Lipinski definition) is 0. The molecule has 0 aromatic carbocycles. The first kappa shape index (κ1) is 15.5. The van der Waals surface area contributed by atoms with Gasteiger partial charge in [-0.15, -0.1) is 0 Å². The van der Waals surface area contributed by atoms with E-state index >= 15 is 0 Å². The maximum absolute atomic E-state index is 12.6. The number of carbonyl (C=O) groups excluding carboxylic acids is 2. The summed E-state index contributed by atoms with van der Waals surface area (Å²) in [6.07, 6.45) is 5.30. The summed E-state index contributed by atoms with van der Waals surface area (Å²) in [7, 11) is 2.64. The van der Waals surface area contributed by atoms with E-state index in [0.717, 1.165) is 19.3 Å². The molecule has 0 amide bonds. The van der Waals surface area contributed by atoms with Crippen molar-refractivity contribution in [3.05, 3.63) is 11.6 Å². The van der Waals surface area contributed by atoms with E-state index < -0.39 is 23.0 Å². The van der Waals surface area contributed by atoms with Crippen molar-refractivity contribution in [3.63, 3.8) is 0 Å². The van der Waals surface area contributed by atoms with Crippen LogP contribution in [0.2, 0.25) is 0 Å². The third-order valence-corrected chi connectivity index (χ3v) is 5.97. The Labute approximate surface area is 131 Å². The van der Waals surface area contributed by atoms with E-state index in [0.29, 0.717) is 12.3 Å². The van der Waals surface area contributed by atoms with Gasteiger partial charge in [0.25, 0.3) is 0 Å². The van der Waals surface area contributed by atoms with Crippen LogP contribution >= 0.6 is 0 Å². The fourth-order valence-electron chi connectivity index (χ4n) is 4.95. The molecule has 0 unspecified atom stereocenters. The molecule has 2 heterocycles. The van der Waals surface area contributed by atoms with Crippen molar-refractivity contribution in [2.45, 2.75) is 51.2 Å². The standard InChI is InChI=1S/C17H24O5/c1-10-5-6-13-11(7-10)8-12-9-17(14(18)20-3,15(19)21-4)16(13,2)22-12/h7,11-13H,5-6,8-9H2,1-4H3/t11-,12+,13-,16-/m0/s1. The molecule has 2 aliphatic heterocycles. The molecule has 122 valence electrons. The Kier molecular flexibility index (Phi) is 3.59. The molecule has 0 saturated carbocycles. The summed E-state index contributed by atoms with van der Waals surface area (Å²) in [5.41, 5.74) is -0.828. The fraction of sp³-hybridized carbons (Fsp3) is 0.765. The second-order valence-corrected chi connectivity index (χ2v) is 7.00. The van der Waals surface area contributed by atoms with Gasteiger partial charge in [-0.1, -0.05) is 11.6 Å². The average molecular weight is 308 g/mol. The smallest absolute Gasteiger partial charge is 0.326 e. The van der Waals surface area contributed by atoms with Crippen molar-refractivity contribution in [3.8, 4) is 0 Å². The molecule has 1 aliphatic carbocycles. The van der Waals surface area contributed by atoms with Gasteiger partial charge < -0.3 is 14.2 Å². The van der Waals surface area contributed by atoms with Gasteiger partial charge in [0, 0.05) is 6.42 Å². The predicted molar refractivity (Wildman–Crippen MR) is 78.9 cm³/mol. The lowest BCUT2D eigenvalue weighted by atomic mass is 9.61.